The number of aliphatic hydroxyl groups excluding tert-OH is 2. The molecule has 0 bridgehead atoms. The standard InChI is InChI=1S/C10H17FN3O8P/c11-10(4-15)3-14(9(17)13-8(10)12)7-1-5(16)6(22-7)2-21-23(18,19)20/h5-7,15-16H,1-4H2,(H2,12,13,17)(H2,18,19,20)/t5-,6+,7+,10-/m0/s1. The van der Waals surface area contributed by atoms with Crippen molar-refractivity contribution in [3.63, 3.8) is 0 Å². The molecule has 2 aliphatic rings. The number of amides is 2. The van der Waals surface area contributed by atoms with Gasteiger partial charge in [0.1, 0.15) is 18.2 Å². The van der Waals surface area contributed by atoms with Gasteiger partial charge in [0, 0.05) is 6.42 Å². The van der Waals surface area contributed by atoms with Gasteiger partial charge >= 0.3 is 13.9 Å². The Morgan fingerprint density at radius 1 is 1.57 bits per heavy atom. The van der Waals surface area contributed by atoms with Gasteiger partial charge in [0.25, 0.3) is 0 Å². The van der Waals surface area contributed by atoms with Crippen molar-refractivity contribution < 1.29 is 43.0 Å². The summed E-state index contributed by atoms with van der Waals surface area (Å²) in [6, 6.07) is -0.842. The van der Waals surface area contributed by atoms with Crippen LogP contribution in [0.15, 0.2) is 0 Å². The number of halogens is 1. The Balaban J connectivity index is 2.03. The second-order valence-electron chi connectivity index (χ2n) is 5.28. The van der Waals surface area contributed by atoms with Crippen LogP contribution in [-0.2, 0) is 13.8 Å². The molecule has 0 aromatic carbocycles. The summed E-state index contributed by atoms with van der Waals surface area (Å²) in [5.41, 5.74) is -2.48. The fraction of sp³-hybridized carbons (Fsp3) is 0.800. The number of amidine groups is 1. The number of urea groups is 1. The summed E-state index contributed by atoms with van der Waals surface area (Å²) in [5, 5.41) is 28.2. The van der Waals surface area contributed by atoms with E-state index in [4.69, 9.17) is 25.0 Å². The van der Waals surface area contributed by atoms with E-state index in [1.54, 1.807) is 0 Å². The number of hydrogen-bond acceptors (Lipinski definition) is 7. The van der Waals surface area contributed by atoms with Gasteiger partial charge in [0.15, 0.2) is 0 Å². The lowest BCUT2D eigenvalue weighted by Crippen LogP contribution is -2.65. The maximum Gasteiger partial charge on any atom is 0.469 e. The monoisotopic (exact) mass is 357 g/mol. The van der Waals surface area contributed by atoms with Crippen molar-refractivity contribution in [2.75, 3.05) is 19.8 Å². The molecule has 0 saturated carbocycles. The topological polar surface area (TPSA) is 173 Å². The highest BCUT2D eigenvalue weighted by Gasteiger charge is 2.49. The summed E-state index contributed by atoms with van der Waals surface area (Å²) in [6.45, 7) is -2.30. The van der Waals surface area contributed by atoms with Crippen LogP contribution in [0.2, 0.25) is 0 Å². The molecular formula is C10H17FN3O8P. The average Bonchev–Trinajstić information content (AvgIpc) is 2.81. The number of nitrogens with zero attached hydrogens (tertiary/aromatic N) is 1. The van der Waals surface area contributed by atoms with Gasteiger partial charge in [-0.05, 0) is 0 Å². The number of phosphoric acid groups is 1. The Kier molecular flexibility index (Phi) is 5.06. The Labute approximate surface area is 129 Å². The lowest BCUT2D eigenvalue weighted by molar-refractivity contribution is -0.0748. The predicted octanol–water partition coefficient (Wildman–Crippen LogP) is -1.73. The van der Waals surface area contributed by atoms with Crippen LogP contribution in [0.3, 0.4) is 0 Å². The van der Waals surface area contributed by atoms with E-state index in [-0.39, 0.29) is 6.42 Å². The molecule has 13 heteroatoms. The fourth-order valence-electron chi connectivity index (χ4n) is 2.30. The van der Waals surface area contributed by atoms with Crippen LogP contribution in [0.5, 0.6) is 0 Å². The van der Waals surface area contributed by atoms with E-state index in [9.17, 15) is 18.9 Å². The van der Waals surface area contributed by atoms with E-state index < -0.39 is 63.6 Å². The first-order valence-corrected chi connectivity index (χ1v) is 8.09. The number of carbonyl (C=O) groups excluding carboxylic acids is 1. The molecule has 2 amide bonds. The molecule has 6 N–H and O–H groups in total. The van der Waals surface area contributed by atoms with Crippen LogP contribution in [0.4, 0.5) is 9.18 Å². The molecule has 0 aliphatic carbocycles. The second kappa shape index (κ2) is 6.40. The SMILES string of the molecule is N=C1NC(=O)N([C@H]2C[C@H](O)[C@@H](COP(=O)(O)O)O2)C[C@]1(F)CO. The van der Waals surface area contributed by atoms with Gasteiger partial charge in [-0.1, -0.05) is 0 Å². The van der Waals surface area contributed by atoms with Gasteiger partial charge in [-0.25, -0.2) is 13.8 Å². The molecule has 0 aromatic heterocycles. The van der Waals surface area contributed by atoms with Crippen LogP contribution in [-0.4, -0.2) is 80.6 Å². The van der Waals surface area contributed by atoms with Crippen LogP contribution in [0, 0.1) is 5.41 Å². The minimum Gasteiger partial charge on any atom is -0.392 e. The summed E-state index contributed by atoms with van der Waals surface area (Å²) in [4.78, 5) is 29.9. The number of ether oxygens (including phenoxy) is 1. The molecule has 4 atom stereocenters. The molecule has 23 heavy (non-hydrogen) atoms. The number of alkyl halides is 1. The molecule has 0 unspecified atom stereocenters. The summed E-state index contributed by atoms with van der Waals surface area (Å²) < 4.78 is 34.5. The molecule has 0 aromatic rings. The van der Waals surface area contributed by atoms with E-state index in [1.165, 1.54) is 0 Å². The van der Waals surface area contributed by atoms with Crippen LogP contribution < -0.4 is 5.32 Å². The number of hydrogen-bond donors (Lipinski definition) is 6. The maximum absolute atomic E-state index is 14.3. The van der Waals surface area contributed by atoms with Crippen LogP contribution in [0.1, 0.15) is 6.42 Å². The average molecular weight is 357 g/mol. The van der Waals surface area contributed by atoms with Crippen molar-refractivity contribution in [3.05, 3.63) is 0 Å². The van der Waals surface area contributed by atoms with Crippen LogP contribution >= 0.6 is 7.82 Å². The molecule has 0 spiro atoms. The van der Waals surface area contributed by atoms with Crippen molar-refractivity contribution in [1.29, 1.82) is 5.41 Å². The highest BCUT2D eigenvalue weighted by Crippen LogP contribution is 2.37. The molecule has 2 aliphatic heterocycles. The Morgan fingerprint density at radius 3 is 2.78 bits per heavy atom. The Morgan fingerprint density at radius 2 is 2.22 bits per heavy atom. The second-order valence-corrected chi connectivity index (χ2v) is 6.51. The Hall–Kier alpha value is -1.14. The summed E-state index contributed by atoms with van der Waals surface area (Å²) >= 11 is 0. The largest absolute Gasteiger partial charge is 0.469 e. The molecule has 2 heterocycles. The lowest BCUT2D eigenvalue weighted by Gasteiger charge is -2.39. The van der Waals surface area contributed by atoms with Crippen molar-refractivity contribution >= 4 is 19.7 Å². The number of aliphatic hydroxyl groups is 2. The summed E-state index contributed by atoms with van der Waals surface area (Å²) in [5.74, 6) is -0.777. The predicted molar refractivity (Wildman–Crippen MR) is 71.2 cm³/mol. The van der Waals surface area contributed by atoms with Crippen LogP contribution in [0.25, 0.3) is 0 Å². The molecule has 132 valence electrons. The zero-order valence-corrected chi connectivity index (χ0v) is 12.6. The van der Waals surface area contributed by atoms with Crippen molar-refractivity contribution in [2.24, 2.45) is 0 Å². The first-order valence-electron chi connectivity index (χ1n) is 6.56. The normalized spacial score (nSPS) is 35.5. The first kappa shape index (κ1) is 18.2. The quantitative estimate of drug-likeness (QED) is 0.315. The number of rotatable bonds is 5. The highest BCUT2D eigenvalue weighted by molar-refractivity contribution is 7.46. The molecule has 2 fully saturated rings. The third-order valence-electron chi connectivity index (χ3n) is 3.57. The molecular weight excluding hydrogens is 340 g/mol. The van der Waals surface area contributed by atoms with Gasteiger partial charge < -0.3 is 24.7 Å². The maximum atomic E-state index is 14.3. The third kappa shape index (κ3) is 4.04. The van der Waals surface area contributed by atoms with Crippen molar-refractivity contribution in [1.82, 2.24) is 10.2 Å². The van der Waals surface area contributed by atoms with Crippen molar-refractivity contribution in [3.8, 4) is 0 Å². The molecule has 2 saturated heterocycles. The summed E-state index contributed by atoms with van der Waals surface area (Å²) in [6.07, 6.45) is -3.55. The van der Waals surface area contributed by atoms with Gasteiger partial charge in [0.05, 0.1) is 25.9 Å². The van der Waals surface area contributed by atoms with Gasteiger partial charge in [-0.3, -0.25) is 20.1 Å². The smallest absolute Gasteiger partial charge is 0.392 e. The number of carbonyl (C=O) groups is 1. The van der Waals surface area contributed by atoms with E-state index in [0.717, 1.165) is 4.90 Å². The fourth-order valence-corrected chi connectivity index (χ4v) is 2.64. The van der Waals surface area contributed by atoms with E-state index in [1.807, 2.05) is 5.32 Å². The van der Waals surface area contributed by atoms with Gasteiger partial charge in [-0.2, -0.15) is 0 Å². The lowest BCUT2D eigenvalue weighted by atomic mass is 10.0. The zero-order valence-electron chi connectivity index (χ0n) is 11.8. The zero-order chi connectivity index (χ0) is 17.4. The number of phosphoric ester groups is 1. The summed E-state index contributed by atoms with van der Waals surface area (Å²) in [7, 11) is -4.75. The van der Waals surface area contributed by atoms with Gasteiger partial charge in [0.2, 0.25) is 5.67 Å². The number of nitrogens with one attached hydrogen (secondary N) is 2. The molecule has 0 radical (unpaired) electrons. The van der Waals surface area contributed by atoms with Gasteiger partial charge in [-0.15, -0.1) is 0 Å². The third-order valence-corrected chi connectivity index (χ3v) is 4.06. The van der Waals surface area contributed by atoms with E-state index in [2.05, 4.69) is 4.52 Å². The molecule has 2 rings (SSSR count). The molecule has 11 nitrogen and oxygen atoms in total. The first-order chi connectivity index (χ1) is 10.6. The minimum absolute atomic E-state index is 0.141. The van der Waals surface area contributed by atoms with Crippen molar-refractivity contribution in [2.45, 2.75) is 30.5 Å². The highest BCUT2D eigenvalue weighted by atomic mass is 31.2. The Bertz CT molecular complexity index is 544. The minimum atomic E-state index is -4.75. The van der Waals surface area contributed by atoms with E-state index >= 15 is 0 Å². The van der Waals surface area contributed by atoms with E-state index in [0.29, 0.717) is 0 Å².